The van der Waals surface area contributed by atoms with Crippen molar-refractivity contribution in [3.63, 3.8) is 0 Å². The van der Waals surface area contributed by atoms with Gasteiger partial charge in [-0.1, -0.05) is 55.4 Å². The quantitative estimate of drug-likeness (QED) is 0.616. The molecule has 0 spiro atoms. The molecule has 0 aliphatic rings. The molecule has 1 aromatic carbocycles. The molecule has 0 saturated heterocycles. The van der Waals surface area contributed by atoms with E-state index in [9.17, 15) is 9.59 Å². The Kier molecular flexibility index (Phi) is 5.49. The van der Waals surface area contributed by atoms with E-state index in [1.54, 1.807) is 0 Å². The molecule has 3 aromatic rings. The van der Waals surface area contributed by atoms with Gasteiger partial charge in [0, 0.05) is 10.1 Å². The maximum Gasteiger partial charge on any atom is 0.318 e. The highest BCUT2D eigenvalue weighted by Crippen LogP contribution is 2.42. The summed E-state index contributed by atoms with van der Waals surface area (Å²) in [7, 11) is 0. The highest BCUT2D eigenvalue weighted by atomic mass is 35.5. The molecule has 0 unspecified atom stereocenters. The van der Waals surface area contributed by atoms with Crippen molar-refractivity contribution < 1.29 is 14.0 Å². The van der Waals surface area contributed by atoms with Crippen LogP contribution in [0.2, 0.25) is 5.02 Å². The standard InChI is InChI=1S/C16H15ClN4O3S2/c1-7(2)11(13(22)19-15(18)23)26-16-21-20-14(24-16)12-10(17)8-5-3-4-6-9(8)25-12/h3-7,11H,1-2H3,(H3,18,19,22,23)/t11-/m0/s1. The fourth-order valence-corrected chi connectivity index (χ4v) is 4.60. The second-order valence-corrected chi connectivity index (χ2v) is 8.27. The molecule has 0 radical (unpaired) electrons. The maximum atomic E-state index is 12.1. The van der Waals surface area contributed by atoms with Gasteiger partial charge in [0.2, 0.25) is 5.91 Å². The molecule has 3 rings (SSSR count). The smallest absolute Gasteiger partial charge is 0.318 e. The van der Waals surface area contributed by atoms with Gasteiger partial charge >= 0.3 is 6.03 Å². The lowest BCUT2D eigenvalue weighted by molar-refractivity contribution is -0.120. The summed E-state index contributed by atoms with van der Waals surface area (Å²) in [6.07, 6.45) is 0. The molecule has 3 amide bonds. The fourth-order valence-electron chi connectivity index (χ4n) is 2.29. The average molecular weight is 411 g/mol. The second kappa shape index (κ2) is 7.65. The number of primary amides is 1. The number of imide groups is 1. The van der Waals surface area contributed by atoms with Crippen molar-refractivity contribution >= 4 is 56.7 Å². The Bertz CT molecular complexity index is 969. The van der Waals surface area contributed by atoms with Crippen LogP contribution >= 0.6 is 34.7 Å². The topological polar surface area (TPSA) is 111 Å². The number of thiophene rings is 1. The van der Waals surface area contributed by atoms with Gasteiger partial charge in [0.15, 0.2) is 0 Å². The Morgan fingerprint density at radius 1 is 1.31 bits per heavy atom. The molecular formula is C16H15ClN4O3S2. The van der Waals surface area contributed by atoms with E-state index in [1.807, 2.05) is 38.1 Å². The number of carbonyl (C=O) groups is 2. The number of amides is 3. The predicted molar refractivity (Wildman–Crippen MR) is 102 cm³/mol. The van der Waals surface area contributed by atoms with Crippen LogP contribution in [-0.4, -0.2) is 27.4 Å². The van der Waals surface area contributed by atoms with Crippen LogP contribution in [0.1, 0.15) is 13.8 Å². The van der Waals surface area contributed by atoms with E-state index in [1.165, 1.54) is 11.3 Å². The first kappa shape index (κ1) is 18.7. The zero-order valence-electron chi connectivity index (χ0n) is 13.9. The molecule has 0 fully saturated rings. The largest absolute Gasteiger partial charge is 0.410 e. The number of fused-ring (bicyclic) bond motifs is 1. The van der Waals surface area contributed by atoms with Crippen LogP contribution in [0, 0.1) is 5.92 Å². The average Bonchev–Trinajstić information content (AvgIpc) is 3.16. The van der Waals surface area contributed by atoms with E-state index >= 15 is 0 Å². The molecule has 2 heterocycles. The van der Waals surface area contributed by atoms with Gasteiger partial charge in [-0.2, -0.15) is 0 Å². The minimum Gasteiger partial charge on any atom is -0.410 e. The summed E-state index contributed by atoms with van der Waals surface area (Å²) < 4.78 is 6.70. The van der Waals surface area contributed by atoms with Crippen molar-refractivity contribution in [3.8, 4) is 10.8 Å². The van der Waals surface area contributed by atoms with E-state index in [2.05, 4.69) is 15.5 Å². The Labute approximate surface area is 162 Å². The van der Waals surface area contributed by atoms with Crippen molar-refractivity contribution in [2.75, 3.05) is 0 Å². The number of thioether (sulfide) groups is 1. The van der Waals surface area contributed by atoms with Crippen molar-refractivity contribution in [2.24, 2.45) is 11.7 Å². The van der Waals surface area contributed by atoms with E-state index in [0.29, 0.717) is 9.90 Å². The first-order valence-electron chi connectivity index (χ1n) is 7.64. The molecule has 0 bridgehead atoms. The summed E-state index contributed by atoms with van der Waals surface area (Å²) in [5, 5.41) is 11.2. The number of urea groups is 1. The van der Waals surface area contributed by atoms with Gasteiger partial charge in [-0.25, -0.2) is 4.79 Å². The first-order valence-corrected chi connectivity index (χ1v) is 9.72. The zero-order chi connectivity index (χ0) is 18.8. The summed E-state index contributed by atoms with van der Waals surface area (Å²) in [6.45, 7) is 3.69. The van der Waals surface area contributed by atoms with Crippen molar-refractivity contribution in [3.05, 3.63) is 29.3 Å². The van der Waals surface area contributed by atoms with Gasteiger partial charge in [0.1, 0.15) is 4.88 Å². The first-order chi connectivity index (χ1) is 12.4. The minimum absolute atomic E-state index is 0.0809. The lowest BCUT2D eigenvalue weighted by atomic mass is 10.1. The summed E-state index contributed by atoms with van der Waals surface area (Å²) >= 11 is 8.95. The summed E-state index contributed by atoms with van der Waals surface area (Å²) in [4.78, 5) is 23.7. The van der Waals surface area contributed by atoms with Gasteiger partial charge in [-0.15, -0.1) is 21.5 Å². The van der Waals surface area contributed by atoms with Crippen LogP contribution in [0.4, 0.5) is 4.79 Å². The van der Waals surface area contributed by atoms with Crippen molar-refractivity contribution in [1.29, 1.82) is 0 Å². The minimum atomic E-state index is -0.899. The van der Waals surface area contributed by atoms with E-state index in [-0.39, 0.29) is 17.0 Å². The number of nitrogens with two attached hydrogens (primary N) is 1. The Morgan fingerprint density at radius 3 is 2.69 bits per heavy atom. The van der Waals surface area contributed by atoms with Gasteiger partial charge in [-0.05, 0) is 12.0 Å². The summed E-state index contributed by atoms with van der Waals surface area (Å²) in [5.41, 5.74) is 5.01. The van der Waals surface area contributed by atoms with Crippen molar-refractivity contribution in [1.82, 2.24) is 15.5 Å². The van der Waals surface area contributed by atoms with Crippen LogP contribution in [0.5, 0.6) is 0 Å². The number of nitrogens with one attached hydrogen (secondary N) is 1. The lowest BCUT2D eigenvalue weighted by Crippen LogP contribution is -2.42. The molecular weight excluding hydrogens is 396 g/mol. The number of hydrogen-bond acceptors (Lipinski definition) is 7. The van der Waals surface area contributed by atoms with E-state index in [4.69, 9.17) is 21.8 Å². The number of halogens is 1. The second-order valence-electron chi connectivity index (χ2n) is 5.75. The molecule has 2 aromatic heterocycles. The van der Waals surface area contributed by atoms with Crippen LogP contribution in [0.25, 0.3) is 20.9 Å². The fraction of sp³-hybridized carbons (Fsp3) is 0.250. The molecule has 0 saturated carbocycles. The normalized spacial score (nSPS) is 12.5. The van der Waals surface area contributed by atoms with Gasteiger partial charge in [0.05, 0.1) is 10.3 Å². The number of benzene rings is 1. The summed E-state index contributed by atoms with van der Waals surface area (Å²) in [5.74, 6) is -0.295. The molecule has 10 heteroatoms. The van der Waals surface area contributed by atoms with Crippen LogP contribution in [-0.2, 0) is 4.79 Å². The number of hydrogen-bond donors (Lipinski definition) is 2. The number of aromatic nitrogens is 2. The molecule has 1 atom stereocenters. The zero-order valence-corrected chi connectivity index (χ0v) is 16.2. The van der Waals surface area contributed by atoms with E-state index < -0.39 is 17.2 Å². The predicted octanol–water partition coefficient (Wildman–Crippen LogP) is 3.92. The number of nitrogens with zero attached hydrogens (tertiary/aromatic N) is 2. The molecule has 7 nitrogen and oxygen atoms in total. The van der Waals surface area contributed by atoms with Gasteiger partial charge in [-0.3, -0.25) is 10.1 Å². The highest BCUT2D eigenvalue weighted by Gasteiger charge is 2.27. The van der Waals surface area contributed by atoms with Gasteiger partial charge in [0.25, 0.3) is 11.1 Å². The summed E-state index contributed by atoms with van der Waals surface area (Å²) in [6, 6.07) is 6.82. The third kappa shape index (κ3) is 3.84. The molecule has 26 heavy (non-hydrogen) atoms. The van der Waals surface area contributed by atoms with Gasteiger partial charge < -0.3 is 10.2 Å². The van der Waals surface area contributed by atoms with Crippen LogP contribution < -0.4 is 11.1 Å². The lowest BCUT2D eigenvalue weighted by Gasteiger charge is -2.16. The Hall–Kier alpha value is -2.10. The number of carbonyl (C=O) groups excluding carboxylic acids is 2. The maximum absolute atomic E-state index is 12.1. The van der Waals surface area contributed by atoms with Crippen molar-refractivity contribution in [2.45, 2.75) is 24.3 Å². The Morgan fingerprint density at radius 2 is 2.04 bits per heavy atom. The molecule has 136 valence electrons. The Balaban J connectivity index is 1.85. The van der Waals surface area contributed by atoms with E-state index in [0.717, 1.165) is 21.8 Å². The SMILES string of the molecule is CC(C)[C@H](Sc1nnc(-c2sc3ccccc3c2Cl)o1)C(=O)NC(N)=O. The molecule has 3 N–H and O–H groups in total. The third-order valence-electron chi connectivity index (χ3n) is 3.47. The number of rotatable bonds is 5. The molecule has 0 aliphatic carbocycles. The molecule has 0 aliphatic heterocycles. The highest BCUT2D eigenvalue weighted by molar-refractivity contribution is 8.00. The van der Waals surface area contributed by atoms with Crippen LogP contribution in [0.15, 0.2) is 33.9 Å². The third-order valence-corrected chi connectivity index (χ3v) is 6.52. The van der Waals surface area contributed by atoms with Crippen LogP contribution in [0.3, 0.4) is 0 Å². The monoisotopic (exact) mass is 410 g/mol.